The molecule has 0 radical (unpaired) electrons. The van der Waals surface area contributed by atoms with E-state index in [2.05, 4.69) is 5.32 Å². The summed E-state index contributed by atoms with van der Waals surface area (Å²) < 4.78 is 10.8. The van der Waals surface area contributed by atoms with Gasteiger partial charge in [0.25, 0.3) is 0 Å². The van der Waals surface area contributed by atoms with Crippen molar-refractivity contribution in [3.8, 4) is 11.5 Å². The van der Waals surface area contributed by atoms with Crippen LogP contribution >= 0.6 is 11.8 Å². The Morgan fingerprint density at radius 1 is 1.19 bits per heavy atom. The molecule has 2 aliphatic rings. The standard InChI is InChI=1S/C20H20N2O4S/c1-12-19(24)22(10-14-3-8-17-18(9-14)26-11-25-17)20(27-12)15-4-6-16(7-5-15)21-13(2)23/h3-9,12,20H,10-11H2,1-2H3,(H,21,23)/t12-,20-/m0/s1. The second-order valence-electron chi connectivity index (χ2n) is 6.59. The Kier molecular flexibility index (Phi) is 4.70. The molecule has 2 aromatic carbocycles. The Hall–Kier alpha value is -2.67. The maximum absolute atomic E-state index is 12.7. The second kappa shape index (κ2) is 7.15. The summed E-state index contributed by atoms with van der Waals surface area (Å²) in [5.74, 6) is 1.47. The molecule has 0 aliphatic carbocycles. The Morgan fingerprint density at radius 3 is 2.67 bits per heavy atom. The minimum Gasteiger partial charge on any atom is -0.454 e. The van der Waals surface area contributed by atoms with Crippen molar-refractivity contribution in [1.82, 2.24) is 4.90 Å². The monoisotopic (exact) mass is 384 g/mol. The largest absolute Gasteiger partial charge is 0.454 e. The molecule has 2 aliphatic heterocycles. The number of fused-ring (bicyclic) bond motifs is 1. The van der Waals surface area contributed by atoms with Crippen LogP contribution < -0.4 is 14.8 Å². The third-order valence-corrected chi connectivity index (χ3v) is 5.95. The van der Waals surface area contributed by atoms with Gasteiger partial charge in [0.15, 0.2) is 11.5 Å². The van der Waals surface area contributed by atoms with Crippen LogP contribution in [0.4, 0.5) is 5.69 Å². The molecule has 1 N–H and O–H groups in total. The fraction of sp³-hybridized carbons (Fsp3) is 0.300. The van der Waals surface area contributed by atoms with Crippen LogP contribution in [-0.2, 0) is 16.1 Å². The van der Waals surface area contributed by atoms with E-state index in [0.717, 1.165) is 28.3 Å². The highest BCUT2D eigenvalue weighted by molar-refractivity contribution is 8.01. The predicted molar refractivity (Wildman–Crippen MR) is 104 cm³/mol. The van der Waals surface area contributed by atoms with Crippen molar-refractivity contribution in [3.63, 3.8) is 0 Å². The van der Waals surface area contributed by atoms with Crippen molar-refractivity contribution in [2.24, 2.45) is 0 Å². The summed E-state index contributed by atoms with van der Waals surface area (Å²) in [7, 11) is 0. The van der Waals surface area contributed by atoms with E-state index in [1.807, 2.05) is 54.3 Å². The molecule has 2 heterocycles. The number of benzene rings is 2. The van der Waals surface area contributed by atoms with Gasteiger partial charge in [-0.25, -0.2) is 0 Å². The molecule has 140 valence electrons. The first-order valence-corrected chi connectivity index (χ1v) is 9.67. The maximum atomic E-state index is 12.7. The topological polar surface area (TPSA) is 67.9 Å². The first kappa shape index (κ1) is 17.7. The average Bonchev–Trinajstić information content (AvgIpc) is 3.21. The van der Waals surface area contributed by atoms with E-state index in [-0.39, 0.29) is 29.2 Å². The summed E-state index contributed by atoms with van der Waals surface area (Å²) in [6.07, 6.45) is 0. The molecule has 0 saturated carbocycles. The van der Waals surface area contributed by atoms with Gasteiger partial charge in [-0.2, -0.15) is 0 Å². The highest BCUT2D eigenvalue weighted by Crippen LogP contribution is 2.44. The molecular weight excluding hydrogens is 364 g/mol. The molecule has 4 rings (SSSR count). The lowest BCUT2D eigenvalue weighted by Crippen LogP contribution is -2.29. The van der Waals surface area contributed by atoms with E-state index in [1.54, 1.807) is 11.8 Å². The number of thioether (sulfide) groups is 1. The lowest BCUT2D eigenvalue weighted by molar-refractivity contribution is -0.130. The van der Waals surface area contributed by atoms with Crippen LogP contribution in [0.25, 0.3) is 0 Å². The molecule has 6 nitrogen and oxygen atoms in total. The van der Waals surface area contributed by atoms with Crippen molar-refractivity contribution in [2.75, 3.05) is 12.1 Å². The molecule has 0 bridgehead atoms. The Labute approximate surface area is 161 Å². The van der Waals surface area contributed by atoms with E-state index >= 15 is 0 Å². The first-order valence-electron chi connectivity index (χ1n) is 8.73. The molecule has 2 atom stereocenters. The number of hydrogen-bond acceptors (Lipinski definition) is 5. The van der Waals surface area contributed by atoms with Crippen LogP contribution in [0, 0.1) is 0 Å². The van der Waals surface area contributed by atoms with Gasteiger partial charge in [0.2, 0.25) is 18.6 Å². The maximum Gasteiger partial charge on any atom is 0.236 e. The van der Waals surface area contributed by atoms with Crippen molar-refractivity contribution in [1.29, 1.82) is 0 Å². The van der Waals surface area contributed by atoms with Crippen molar-refractivity contribution in [3.05, 3.63) is 53.6 Å². The van der Waals surface area contributed by atoms with Gasteiger partial charge in [0, 0.05) is 19.2 Å². The number of ether oxygens (including phenoxy) is 2. The van der Waals surface area contributed by atoms with Gasteiger partial charge < -0.3 is 19.7 Å². The van der Waals surface area contributed by atoms with E-state index in [9.17, 15) is 9.59 Å². The highest BCUT2D eigenvalue weighted by atomic mass is 32.2. The summed E-state index contributed by atoms with van der Waals surface area (Å²) in [5, 5.41) is 2.60. The zero-order valence-electron chi connectivity index (χ0n) is 15.1. The van der Waals surface area contributed by atoms with Crippen LogP contribution in [0.1, 0.15) is 30.3 Å². The van der Waals surface area contributed by atoms with Crippen LogP contribution in [0.15, 0.2) is 42.5 Å². The van der Waals surface area contributed by atoms with E-state index in [1.165, 1.54) is 6.92 Å². The summed E-state index contributed by atoms with van der Waals surface area (Å²) in [6, 6.07) is 13.4. The van der Waals surface area contributed by atoms with Gasteiger partial charge in [-0.1, -0.05) is 18.2 Å². The van der Waals surface area contributed by atoms with Gasteiger partial charge in [-0.3, -0.25) is 9.59 Å². The number of carbonyl (C=O) groups is 2. The number of nitrogens with zero attached hydrogens (tertiary/aromatic N) is 1. The second-order valence-corrected chi connectivity index (χ2v) is 8.01. The van der Waals surface area contributed by atoms with Crippen molar-refractivity contribution >= 4 is 29.3 Å². The molecular formula is C20H20N2O4S. The third-order valence-electron chi connectivity index (χ3n) is 4.55. The summed E-state index contributed by atoms with van der Waals surface area (Å²) in [6.45, 7) is 4.15. The lowest BCUT2D eigenvalue weighted by Gasteiger charge is -2.24. The number of carbonyl (C=O) groups excluding carboxylic acids is 2. The highest BCUT2D eigenvalue weighted by Gasteiger charge is 2.38. The van der Waals surface area contributed by atoms with Gasteiger partial charge in [-0.15, -0.1) is 11.8 Å². The Bertz CT molecular complexity index is 884. The fourth-order valence-electron chi connectivity index (χ4n) is 3.26. The molecule has 0 aromatic heterocycles. The number of hydrogen-bond donors (Lipinski definition) is 1. The molecule has 0 unspecified atom stereocenters. The van der Waals surface area contributed by atoms with Crippen molar-refractivity contribution in [2.45, 2.75) is 31.0 Å². The van der Waals surface area contributed by atoms with E-state index in [0.29, 0.717) is 6.54 Å². The zero-order valence-corrected chi connectivity index (χ0v) is 15.9. The van der Waals surface area contributed by atoms with Gasteiger partial charge in [0.1, 0.15) is 5.37 Å². The molecule has 0 spiro atoms. The SMILES string of the molecule is CC(=O)Nc1ccc([C@@H]2S[C@@H](C)C(=O)N2Cc2ccc3c(c2)OCO3)cc1. The molecule has 27 heavy (non-hydrogen) atoms. The summed E-state index contributed by atoms with van der Waals surface area (Å²) in [5.41, 5.74) is 2.78. The Balaban J connectivity index is 1.56. The molecule has 7 heteroatoms. The first-order chi connectivity index (χ1) is 13.0. The zero-order chi connectivity index (χ0) is 19.0. The number of anilines is 1. The normalized spacial score (nSPS) is 20.8. The van der Waals surface area contributed by atoms with Gasteiger partial charge in [-0.05, 0) is 42.3 Å². The molecule has 2 aromatic rings. The fourth-order valence-corrected chi connectivity index (χ4v) is 4.54. The van der Waals surface area contributed by atoms with Crippen molar-refractivity contribution < 1.29 is 19.1 Å². The number of amides is 2. The van der Waals surface area contributed by atoms with Gasteiger partial charge >= 0.3 is 0 Å². The van der Waals surface area contributed by atoms with Crippen LogP contribution in [0.5, 0.6) is 11.5 Å². The minimum atomic E-state index is -0.105. The summed E-state index contributed by atoms with van der Waals surface area (Å²) in [4.78, 5) is 25.8. The smallest absolute Gasteiger partial charge is 0.236 e. The van der Waals surface area contributed by atoms with Crippen LogP contribution in [0.2, 0.25) is 0 Å². The third kappa shape index (κ3) is 3.60. The lowest BCUT2D eigenvalue weighted by atomic mass is 10.1. The molecule has 2 amide bonds. The van der Waals surface area contributed by atoms with E-state index < -0.39 is 0 Å². The quantitative estimate of drug-likeness (QED) is 0.873. The Morgan fingerprint density at radius 2 is 1.93 bits per heavy atom. The van der Waals surface area contributed by atoms with Crippen LogP contribution in [-0.4, -0.2) is 28.8 Å². The van der Waals surface area contributed by atoms with Gasteiger partial charge in [0.05, 0.1) is 5.25 Å². The average molecular weight is 384 g/mol. The summed E-state index contributed by atoms with van der Waals surface area (Å²) >= 11 is 1.63. The molecule has 1 fully saturated rings. The molecule has 1 saturated heterocycles. The van der Waals surface area contributed by atoms with Crippen LogP contribution in [0.3, 0.4) is 0 Å². The minimum absolute atomic E-state index is 0.0655. The number of rotatable bonds is 4. The van der Waals surface area contributed by atoms with E-state index in [4.69, 9.17) is 9.47 Å². The predicted octanol–water partition coefficient (Wildman–Crippen LogP) is 3.54. The number of nitrogens with one attached hydrogen (secondary N) is 1.